The van der Waals surface area contributed by atoms with Crippen LogP contribution in [0.4, 0.5) is 11.8 Å². The molecule has 0 unspecified atom stereocenters. The van der Waals surface area contributed by atoms with E-state index in [4.69, 9.17) is 11.5 Å². The number of anilines is 2. The lowest BCUT2D eigenvalue weighted by atomic mass is 10.1. The van der Waals surface area contributed by atoms with Crippen molar-refractivity contribution in [3.63, 3.8) is 0 Å². The standard InChI is InChI=1S/C12H13N5/c1-6-5-8-9(11(13)16-12(14)15-8)7-3-4-17(2)10(6)7/h3-5H,1-2H3,(H4,13,14,15,16). The molecule has 4 N–H and O–H groups in total. The average Bonchev–Trinajstić information content (AvgIpc) is 2.59. The molecule has 5 heteroatoms. The van der Waals surface area contributed by atoms with E-state index in [-0.39, 0.29) is 5.95 Å². The maximum atomic E-state index is 5.94. The molecule has 5 nitrogen and oxygen atoms in total. The molecule has 0 saturated heterocycles. The first kappa shape index (κ1) is 9.89. The quantitative estimate of drug-likeness (QED) is 0.611. The first-order valence-corrected chi connectivity index (χ1v) is 5.35. The van der Waals surface area contributed by atoms with Gasteiger partial charge in [-0.05, 0) is 24.6 Å². The van der Waals surface area contributed by atoms with Gasteiger partial charge in [0, 0.05) is 18.6 Å². The molecule has 3 aromatic rings. The van der Waals surface area contributed by atoms with Gasteiger partial charge in [-0.3, -0.25) is 0 Å². The molecule has 1 aromatic carbocycles. The molecule has 0 atom stereocenters. The number of hydrogen-bond donors (Lipinski definition) is 2. The van der Waals surface area contributed by atoms with Crippen molar-refractivity contribution in [2.75, 3.05) is 11.5 Å². The summed E-state index contributed by atoms with van der Waals surface area (Å²) in [5.41, 5.74) is 14.7. The summed E-state index contributed by atoms with van der Waals surface area (Å²) in [4.78, 5) is 8.26. The average molecular weight is 227 g/mol. The monoisotopic (exact) mass is 227 g/mol. The number of nitrogens with two attached hydrogens (primary N) is 2. The maximum absolute atomic E-state index is 5.94. The van der Waals surface area contributed by atoms with Gasteiger partial charge in [-0.25, -0.2) is 4.98 Å². The van der Waals surface area contributed by atoms with Gasteiger partial charge < -0.3 is 16.0 Å². The smallest absolute Gasteiger partial charge is 0.222 e. The van der Waals surface area contributed by atoms with Gasteiger partial charge in [0.15, 0.2) is 0 Å². The number of aromatic nitrogens is 3. The number of nitrogens with zero attached hydrogens (tertiary/aromatic N) is 3. The van der Waals surface area contributed by atoms with E-state index in [1.165, 1.54) is 0 Å². The molecular formula is C12H13N5. The molecule has 0 spiro atoms. The minimum absolute atomic E-state index is 0.213. The van der Waals surface area contributed by atoms with Crippen molar-refractivity contribution in [3.05, 3.63) is 23.9 Å². The third kappa shape index (κ3) is 1.25. The Balaban J connectivity index is 2.64. The highest BCUT2D eigenvalue weighted by Crippen LogP contribution is 2.31. The van der Waals surface area contributed by atoms with Crippen molar-refractivity contribution in [2.24, 2.45) is 7.05 Å². The van der Waals surface area contributed by atoms with E-state index in [1.807, 2.05) is 25.4 Å². The largest absolute Gasteiger partial charge is 0.383 e. The zero-order chi connectivity index (χ0) is 12.2. The number of hydrogen-bond acceptors (Lipinski definition) is 4. The fourth-order valence-electron chi connectivity index (χ4n) is 2.39. The Labute approximate surface area is 98.1 Å². The van der Waals surface area contributed by atoms with E-state index in [2.05, 4.69) is 21.5 Å². The zero-order valence-corrected chi connectivity index (χ0v) is 9.73. The molecule has 2 heterocycles. The Morgan fingerprint density at radius 1 is 1.24 bits per heavy atom. The lowest BCUT2D eigenvalue weighted by Gasteiger charge is -2.07. The van der Waals surface area contributed by atoms with Crippen LogP contribution in [0.15, 0.2) is 18.3 Å². The van der Waals surface area contributed by atoms with Gasteiger partial charge in [-0.15, -0.1) is 0 Å². The summed E-state index contributed by atoms with van der Waals surface area (Å²) >= 11 is 0. The van der Waals surface area contributed by atoms with E-state index >= 15 is 0 Å². The van der Waals surface area contributed by atoms with Crippen molar-refractivity contribution in [2.45, 2.75) is 6.92 Å². The zero-order valence-electron chi connectivity index (χ0n) is 9.73. The lowest BCUT2D eigenvalue weighted by Crippen LogP contribution is -2.01. The second-order valence-electron chi connectivity index (χ2n) is 4.24. The molecule has 0 fully saturated rings. The van der Waals surface area contributed by atoms with Crippen LogP contribution in [0.2, 0.25) is 0 Å². The summed E-state index contributed by atoms with van der Waals surface area (Å²) < 4.78 is 2.07. The van der Waals surface area contributed by atoms with Gasteiger partial charge in [-0.2, -0.15) is 4.98 Å². The summed E-state index contributed by atoms with van der Waals surface area (Å²) in [6.07, 6.45) is 2.01. The van der Waals surface area contributed by atoms with Gasteiger partial charge in [-0.1, -0.05) is 0 Å². The summed E-state index contributed by atoms with van der Waals surface area (Å²) in [5.74, 6) is 0.647. The first-order valence-electron chi connectivity index (χ1n) is 5.35. The van der Waals surface area contributed by atoms with Crippen LogP contribution in [0.25, 0.3) is 21.8 Å². The van der Waals surface area contributed by atoms with Crippen LogP contribution in [-0.2, 0) is 7.05 Å². The topological polar surface area (TPSA) is 82.8 Å². The van der Waals surface area contributed by atoms with Gasteiger partial charge in [0.25, 0.3) is 0 Å². The van der Waals surface area contributed by atoms with Gasteiger partial charge in [0.2, 0.25) is 5.95 Å². The molecular weight excluding hydrogens is 214 g/mol. The molecule has 0 radical (unpaired) electrons. The van der Waals surface area contributed by atoms with Crippen LogP contribution >= 0.6 is 0 Å². The summed E-state index contributed by atoms with van der Waals surface area (Å²) in [6.45, 7) is 2.05. The van der Waals surface area contributed by atoms with Crippen molar-refractivity contribution in [3.8, 4) is 0 Å². The van der Waals surface area contributed by atoms with E-state index in [1.54, 1.807) is 0 Å². The molecule has 0 amide bonds. The van der Waals surface area contributed by atoms with Gasteiger partial charge in [0.1, 0.15) is 5.82 Å². The second-order valence-corrected chi connectivity index (χ2v) is 4.24. The number of benzene rings is 1. The normalized spacial score (nSPS) is 11.4. The lowest BCUT2D eigenvalue weighted by molar-refractivity contribution is 0.964. The Morgan fingerprint density at radius 2 is 2.00 bits per heavy atom. The molecule has 2 aromatic heterocycles. The van der Waals surface area contributed by atoms with Crippen LogP contribution < -0.4 is 11.5 Å². The van der Waals surface area contributed by atoms with Crippen molar-refractivity contribution in [1.29, 1.82) is 0 Å². The van der Waals surface area contributed by atoms with Crippen molar-refractivity contribution >= 4 is 33.6 Å². The molecule has 0 aliphatic heterocycles. The highest BCUT2D eigenvalue weighted by molar-refractivity contribution is 6.11. The SMILES string of the molecule is Cc1cc2nc(N)nc(N)c2c2ccn(C)c12. The maximum Gasteiger partial charge on any atom is 0.222 e. The third-order valence-corrected chi connectivity index (χ3v) is 3.05. The van der Waals surface area contributed by atoms with Crippen LogP contribution in [-0.4, -0.2) is 14.5 Å². The number of nitrogen functional groups attached to an aromatic ring is 2. The number of rotatable bonds is 0. The van der Waals surface area contributed by atoms with Crippen LogP contribution in [0, 0.1) is 6.92 Å². The highest BCUT2D eigenvalue weighted by atomic mass is 15.0. The summed E-state index contributed by atoms with van der Waals surface area (Å²) in [5, 5.41) is 1.94. The summed E-state index contributed by atoms with van der Waals surface area (Å²) in [6, 6.07) is 4.02. The number of aryl methyl sites for hydroxylation is 2. The van der Waals surface area contributed by atoms with Crippen LogP contribution in [0.1, 0.15) is 5.56 Å². The van der Waals surface area contributed by atoms with Gasteiger partial charge >= 0.3 is 0 Å². The molecule has 0 saturated carbocycles. The molecule has 0 aliphatic rings. The van der Waals surface area contributed by atoms with Crippen LogP contribution in [0.5, 0.6) is 0 Å². The molecule has 3 rings (SSSR count). The highest BCUT2D eigenvalue weighted by Gasteiger charge is 2.11. The minimum Gasteiger partial charge on any atom is -0.383 e. The minimum atomic E-state index is 0.213. The molecule has 0 bridgehead atoms. The Bertz CT molecular complexity index is 742. The molecule has 86 valence electrons. The Kier molecular flexibility index (Phi) is 1.80. The predicted molar refractivity (Wildman–Crippen MR) is 69.6 cm³/mol. The number of fused-ring (bicyclic) bond motifs is 3. The first-order chi connectivity index (χ1) is 8.08. The fraction of sp³-hybridized carbons (Fsp3) is 0.167. The van der Waals surface area contributed by atoms with Crippen molar-refractivity contribution < 1.29 is 0 Å². The summed E-state index contributed by atoms with van der Waals surface area (Å²) in [7, 11) is 2.01. The van der Waals surface area contributed by atoms with Crippen LogP contribution in [0.3, 0.4) is 0 Å². The Morgan fingerprint density at radius 3 is 2.76 bits per heavy atom. The molecule has 17 heavy (non-hydrogen) atoms. The third-order valence-electron chi connectivity index (χ3n) is 3.05. The Hall–Kier alpha value is -2.30. The van der Waals surface area contributed by atoms with Gasteiger partial charge in [0.05, 0.1) is 16.4 Å². The van der Waals surface area contributed by atoms with E-state index in [0.717, 1.165) is 27.4 Å². The molecule has 0 aliphatic carbocycles. The van der Waals surface area contributed by atoms with E-state index in [0.29, 0.717) is 5.82 Å². The predicted octanol–water partition coefficient (Wildman–Crippen LogP) is 1.59. The second kappa shape index (κ2) is 3.10. The van der Waals surface area contributed by atoms with E-state index in [9.17, 15) is 0 Å². The van der Waals surface area contributed by atoms with E-state index < -0.39 is 0 Å². The fourth-order valence-corrected chi connectivity index (χ4v) is 2.39. The van der Waals surface area contributed by atoms with Crippen molar-refractivity contribution in [1.82, 2.24) is 14.5 Å².